The molecular weight excluding hydrogens is 455 g/mol. The van der Waals surface area contributed by atoms with Gasteiger partial charge in [-0.05, 0) is 48.5 Å². The molecule has 2 aromatic heterocycles. The number of hydrogen-bond donors (Lipinski definition) is 1. The molecule has 0 fully saturated rings. The van der Waals surface area contributed by atoms with Crippen molar-refractivity contribution in [3.05, 3.63) is 64.9 Å². The largest absolute Gasteiger partial charge is 0.497 e. The lowest BCUT2D eigenvalue weighted by Gasteiger charge is -2.20. The van der Waals surface area contributed by atoms with Gasteiger partial charge in [0.25, 0.3) is 0 Å². The summed E-state index contributed by atoms with van der Waals surface area (Å²) < 4.78 is 20.3. The summed E-state index contributed by atoms with van der Waals surface area (Å²) >= 11 is 1.49. The molecule has 0 spiro atoms. The Morgan fingerprint density at radius 3 is 2.50 bits per heavy atom. The van der Waals surface area contributed by atoms with Gasteiger partial charge >= 0.3 is 0 Å². The fourth-order valence-corrected chi connectivity index (χ4v) is 4.86. The van der Waals surface area contributed by atoms with E-state index in [1.54, 1.807) is 23.9 Å². The summed E-state index contributed by atoms with van der Waals surface area (Å²) in [5.74, 6) is 1.32. The number of benzene rings is 2. The maximum Gasteiger partial charge on any atom is 0.244 e. The molecule has 0 saturated carbocycles. The van der Waals surface area contributed by atoms with Crippen molar-refractivity contribution in [2.24, 2.45) is 0 Å². The topological polar surface area (TPSA) is 99.2 Å². The summed E-state index contributed by atoms with van der Waals surface area (Å²) in [6.45, 7) is 1.22. The molecule has 8 nitrogen and oxygen atoms in total. The average Bonchev–Trinajstić information content (AvgIpc) is 3.36. The molecule has 0 radical (unpaired) electrons. The number of halogens is 1. The van der Waals surface area contributed by atoms with Gasteiger partial charge in [0, 0.05) is 41.9 Å². The molecule has 2 aromatic carbocycles. The van der Waals surface area contributed by atoms with E-state index in [-0.39, 0.29) is 18.3 Å². The molecule has 3 heterocycles. The zero-order chi connectivity index (χ0) is 23.7. The number of thiazole rings is 1. The summed E-state index contributed by atoms with van der Waals surface area (Å²) in [5.41, 5.74) is 8.29. The summed E-state index contributed by atoms with van der Waals surface area (Å²) in [4.78, 5) is 25.3. The zero-order valence-electron chi connectivity index (χ0n) is 18.6. The van der Waals surface area contributed by atoms with Crippen LogP contribution in [0.4, 0.5) is 9.52 Å². The Labute approximate surface area is 199 Å². The van der Waals surface area contributed by atoms with E-state index in [1.165, 1.54) is 23.5 Å². The third-order valence-corrected chi connectivity index (χ3v) is 6.77. The van der Waals surface area contributed by atoms with Crippen LogP contribution in [-0.2, 0) is 24.2 Å². The number of rotatable bonds is 5. The quantitative estimate of drug-likeness (QED) is 0.472. The highest BCUT2D eigenvalue weighted by Gasteiger charge is 2.23. The number of ether oxygens (including phenoxy) is 1. The molecule has 0 bridgehead atoms. The van der Waals surface area contributed by atoms with E-state index in [1.807, 2.05) is 29.2 Å². The van der Waals surface area contributed by atoms with Crippen LogP contribution in [0.2, 0.25) is 0 Å². The molecule has 1 aliphatic heterocycles. The minimum atomic E-state index is -0.334. The molecule has 0 saturated heterocycles. The fourth-order valence-electron chi connectivity index (χ4n) is 3.99. The number of carbonyl (C=O) groups excluding carboxylic acids is 1. The molecule has 34 heavy (non-hydrogen) atoms. The highest BCUT2D eigenvalue weighted by atomic mass is 32.1. The molecule has 1 aliphatic rings. The van der Waals surface area contributed by atoms with Crippen molar-refractivity contribution < 1.29 is 13.9 Å². The van der Waals surface area contributed by atoms with E-state index >= 15 is 0 Å². The Kier molecular flexibility index (Phi) is 5.97. The standard InChI is InChI=1S/C24H23FN6O2S/c1-33-18-8-4-16(5-9-18)23-28-22(15-2-6-17(25)7-3-15)29-31(23)14-21(32)30-12-10-19-20(11-13-30)34-24(26)27-19/h2-9H,10-14H2,1H3,(H2,26,27). The second-order valence-corrected chi connectivity index (χ2v) is 9.07. The van der Waals surface area contributed by atoms with E-state index in [0.717, 1.165) is 28.3 Å². The van der Waals surface area contributed by atoms with Gasteiger partial charge in [0.15, 0.2) is 16.8 Å². The fraction of sp³-hybridized carbons (Fsp3) is 0.250. The third kappa shape index (κ3) is 4.49. The highest BCUT2D eigenvalue weighted by Crippen LogP contribution is 2.26. The number of fused-ring (bicyclic) bond motifs is 1. The predicted octanol–water partition coefficient (Wildman–Crippen LogP) is 3.43. The monoisotopic (exact) mass is 478 g/mol. The Morgan fingerprint density at radius 2 is 1.76 bits per heavy atom. The van der Waals surface area contributed by atoms with Crippen LogP contribution in [0.1, 0.15) is 10.6 Å². The van der Waals surface area contributed by atoms with Crippen molar-refractivity contribution in [2.45, 2.75) is 19.4 Å². The number of nitrogen functional groups attached to an aromatic ring is 1. The summed E-state index contributed by atoms with van der Waals surface area (Å²) in [6.07, 6.45) is 1.41. The van der Waals surface area contributed by atoms with Crippen molar-refractivity contribution in [3.8, 4) is 28.5 Å². The molecule has 0 atom stereocenters. The van der Waals surface area contributed by atoms with Crippen LogP contribution in [0.5, 0.6) is 5.75 Å². The molecule has 0 aliphatic carbocycles. The summed E-state index contributed by atoms with van der Waals surface area (Å²) in [5, 5.41) is 5.18. The van der Waals surface area contributed by atoms with Crippen molar-refractivity contribution in [2.75, 3.05) is 25.9 Å². The predicted molar refractivity (Wildman–Crippen MR) is 128 cm³/mol. The molecular formula is C24H23FN6O2S. The smallest absolute Gasteiger partial charge is 0.244 e. The first kappa shape index (κ1) is 22.0. The molecule has 174 valence electrons. The minimum absolute atomic E-state index is 0.0404. The molecule has 5 rings (SSSR count). The Morgan fingerprint density at radius 1 is 1.06 bits per heavy atom. The Bertz CT molecular complexity index is 1290. The Balaban J connectivity index is 1.42. The van der Waals surface area contributed by atoms with E-state index in [2.05, 4.69) is 15.1 Å². The summed E-state index contributed by atoms with van der Waals surface area (Å²) in [6, 6.07) is 13.4. The molecule has 2 N–H and O–H groups in total. The number of hydrogen-bond acceptors (Lipinski definition) is 7. The highest BCUT2D eigenvalue weighted by molar-refractivity contribution is 7.15. The Hall–Kier alpha value is -3.79. The van der Waals surface area contributed by atoms with Crippen LogP contribution in [0.25, 0.3) is 22.8 Å². The maximum absolute atomic E-state index is 13.4. The number of nitrogens with two attached hydrogens (primary N) is 1. The first-order valence-electron chi connectivity index (χ1n) is 10.9. The van der Waals surface area contributed by atoms with Crippen molar-refractivity contribution in [1.82, 2.24) is 24.6 Å². The number of amides is 1. The van der Waals surface area contributed by atoms with Gasteiger partial charge in [-0.15, -0.1) is 16.4 Å². The van der Waals surface area contributed by atoms with E-state index in [4.69, 9.17) is 10.5 Å². The van der Waals surface area contributed by atoms with E-state index in [0.29, 0.717) is 41.9 Å². The van der Waals surface area contributed by atoms with Gasteiger partial charge in [0.05, 0.1) is 12.8 Å². The lowest BCUT2D eigenvalue weighted by molar-refractivity contribution is -0.131. The van der Waals surface area contributed by atoms with Gasteiger partial charge in [-0.25, -0.2) is 19.0 Å². The van der Waals surface area contributed by atoms with Gasteiger partial charge in [0.1, 0.15) is 18.1 Å². The number of carbonyl (C=O) groups is 1. The van der Waals surface area contributed by atoms with Crippen LogP contribution in [0, 0.1) is 5.82 Å². The lowest BCUT2D eigenvalue weighted by atomic mass is 10.2. The zero-order valence-corrected chi connectivity index (χ0v) is 19.4. The average molecular weight is 479 g/mol. The molecule has 4 aromatic rings. The first-order valence-corrected chi connectivity index (χ1v) is 11.7. The molecule has 10 heteroatoms. The second-order valence-electron chi connectivity index (χ2n) is 7.95. The van der Waals surface area contributed by atoms with Gasteiger partial charge in [-0.2, -0.15) is 0 Å². The molecule has 0 unspecified atom stereocenters. The SMILES string of the molecule is COc1ccc(-c2nc(-c3ccc(F)cc3)nn2CC(=O)N2CCc3nc(N)sc3CC2)cc1. The van der Waals surface area contributed by atoms with Crippen LogP contribution >= 0.6 is 11.3 Å². The van der Waals surface area contributed by atoms with Crippen LogP contribution in [0.3, 0.4) is 0 Å². The van der Waals surface area contributed by atoms with Crippen LogP contribution in [-0.4, -0.2) is 50.8 Å². The second kappa shape index (κ2) is 9.22. The lowest BCUT2D eigenvalue weighted by Crippen LogP contribution is -2.36. The van der Waals surface area contributed by atoms with Gasteiger partial charge in [-0.1, -0.05) is 0 Å². The van der Waals surface area contributed by atoms with Crippen molar-refractivity contribution >= 4 is 22.4 Å². The molecule has 1 amide bonds. The van der Waals surface area contributed by atoms with Crippen LogP contribution < -0.4 is 10.5 Å². The van der Waals surface area contributed by atoms with E-state index in [9.17, 15) is 9.18 Å². The number of anilines is 1. The normalized spacial score (nSPS) is 13.4. The van der Waals surface area contributed by atoms with Crippen molar-refractivity contribution in [3.63, 3.8) is 0 Å². The van der Waals surface area contributed by atoms with E-state index < -0.39 is 0 Å². The van der Waals surface area contributed by atoms with Gasteiger partial charge in [0.2, 0.25) is 5.91 Å². The maximum atomic E-state index is 13.4. The first-order chi connectivity index (χ1) is 16.5. The van der Waals surface area contributed by atoms with Gasteiger partial charge < -0.3 is 15.4 Å². The number of aromatic nitrogens is 4. The minimum Gasteiger partial charge on any atom is -0.497 e. The number of methoxy groups -OCH3 is 1. The third-order valence-electron chi connectivity index (χ3n) is 5.78. The summed E-state index contributed by atoms with van der Waals surface area (Å²) in [7, 11) is 1.60. The van der Waals surface area contributed by atoms with Crippen molar-refractivity contribution in [1.29, 1.82) is 0 Å². The number of nitrogens with zero attached hydrogens (tertiary/aromatic N) is 5. The van der Waals surface area contributed by atoms with Gasteiger partial charge in [-0.3, -0.25) is 4.79 Å². The van der Waals surface area contributed by atoms with Crippen LogP contribution in [0.15, 0.2) is 48.5 Å².